The molecule has 0 saturated heterocycles. The molecule has 11 aromatic rings. The summed E-state index contributed by atoms with van der Waals surface area (Å²) in [6, 6.07) is 82.0. The molecule has 12 rings (SSSR count). The minimum atomic E-state index is -0.555. The molecule has 1 aromatic heterocycles. The maximum atomic E-state index is 6.67. The van der Waals surface area contributed by atoms with E-state index in [0.29, 0.717) is 0 Å². The Balaban J connectivity index is 1.09. The highest BCUT2D eigenvalue weighted by molar-refractivity contribution is 6.11. The first kappa shape index (κ1) is 33.5. The molecule has 0 fully saturated rings. The lowest BCUT2D eigenvalue weighted by atomic mass is 9.67. The van der Waals surface area contributed by atoms with Gasteiger partial charge in [-0.25, -0.2) is 0 Å². The van der Waals surface area contributed by atoms with Gasteiger partial charge in [0.25, 0.3) is 0 Å². The van der Waals surface area contributed by atoms with E-state index in [9.17, 15) is 0 Å². The van der Waals surface area contributed by atoms with Gasteiger partial charge in [-0.05, 0) is 121 Å². The highest BCUT2D eigenvalue weighted by atomic mass is 16.3. The predicted octanol–water partition coefficient (Wildman–Crippen LogP) is 15.4. The number of hydrogen-bond acceptors (Lipinski definition) is 2. The van der Waals surface area contributed by atoms with Crippen LogP contribution in [0.3, 0.4) is 0 Å². The topological polar surface area (TPSA) is 16.4 Å². The number of fused-ring (bicyclic) bond motifs is 8. The Bertz CT molecular complexity index is 3350. The van der Waals surface area contributed by atoms with Crippen molar-refractivity contribution in [2.75, 3.05) is 4.90 Å². The second-order valence-corrected chi connectivity index (χ2v) is 15.7. The van der Waals surface area contributed by atoms with Gasteiger partial charge in [0.1, 0.15) is 11.2 Å². The zero-order chi connectivity index (χ0) is 38.9. The molecule has 276 valence electrons. The molecular weight excluding hydrogens is 715 g/mol. The van der Waals surface area contributed by atoms with E-state index >= 15 is 0 Å². The third kappa shape index (κ3) is 5.20. The number of furan rings is 1. The van der Waals surface area contributed by atoms with Crippen LogP contribution >= 0.6 is 0 Å². The van der Waals surface area contributed by atoms with Crippen molar-refractivity contribution in [1.29, 1.82) is 0 Å². The Morgan fingerprint density at radius 2 is 0.881 bits per heavy atom. The molecule has 1 heterocycles. The van der Waals surface area contributed by atoms with Crippen LogP contribution in [0.5, 0.6) is 0 Å². The molecular formula is C57H37NO. The van der Waals surface area contributed by atoms with Crippen LogP contribution in [-0.4, -0.2) is 0 Å². The predicted molar refractivity (Wildman–Crippen MR) is 246 cm³/mol. The van der Waals surface area contributed by atoms with Gasteiger partial charge in [-0.2, -0.15) is 0 Å². The second kappa shape index (κ2) is 13.2. The Hall–Kier alpha value is -7.68. The summed E-state index contributed by atoms with van der Waals surface area (Å²) in [4.78, 5) is 2.38. The summed E-state index contributed by atoms with van der Waals surface area (Å²) in [6.07, 6.45) is 0. The van der Waals surface area contributed by atoms with Crippen LogP contribution in [0.15, 0.2) is 229 Å². The third-order valence-corrected chi connectivity index (χ3v) is 12.5. The average Bonchev–Trinajstić information content (AvgIpc) is 3.81. The van der Waals surface area contributed by atoms with Crippen LogP contribution in [0.25, 0.3) is 65.7 Å². The van der Waals surface area contributed by atoms with Gasteiger partial charge in [-0.15, -0.1) is 0 Å². The van der Waals surface area contributed by atoms with E-state index in [2.05, 4.69) is 229 Å². The van der Waals surface area contributed by atoms with E-state index in [0.717, 1.165) is 39.0 Å². The van der Waals surface area contributed by atoms with E-state index in [1.165, 1.54) is 66.1 Å². The SMILES string of the molecule is c1ccc(-c2ccc(N(c3cccc(C4(c5ccc6ccccc6c5)c5ccccc5-c5ccccc54)c3)c3ccc4c(c3)oc3cc5ccccc5cc34)cc2)cc1. The summed E-state index contributed by atoms with van der Waals surface area (Å²) >= 11 is 0. The molecule has 0 atom stereocenters. The lowest BCUT2D eigenvalue weighted by Crippen LogP contribution is -2.29. The number of hydrogen-bond donors (Lipinski definition) is 0. The smallest absolute Gasteiger partial charge is 0.137 e. The van der Waals surface area contributed by atoms with E-state index in [1.54, 1.807) is 0 Å². The van der Waals surface area contributed by atoms with Crippen molar-refractivity contribution >= 4 is 60.5 Å². The summed E-state index contributed by atoms with van der Waals surface area (Å²) in [6.45, 7) is 0. The zero-order valence-electron chi connectivity index (χ0n) is 32.2. The quantitative estimate of drug-likeness (QED) is 0.168. The molecule has 0 unspecified atom stereocenters. The van der Waals surface area contributed by atoms with Crippen LogP contribution in [-0.2, 0) is 5.41 Å². The van der Waals surface area contributed by atoms with Crippen LogP contribution in [0.4, 0.5) is 17.1 Å². The van der Waals surface area contributed by atoms with Crippen molar-refractivity contribution in [1.82, 2.24) is 0 Å². The second-order valence-electron chi connectivity index (χ2n) is 15.7. The van der Waals surface area contributed by atoms with Gasteiger partial charge in [-0.1, -0.05) is 164 Å². The average molecular weight is 752 g/mol. The van der Waals surface area contributed by atoms with Crippen LogP contribution in [0.2, 0.25) is 0 Å². The summed E-state index contributed by atoms with van der Waals surface area (Å²) in [5, 5.41) is 7.08. The molecule has 0 amide bonds. The summed E-state index contributed by atoms with van der Waals surface area (Å²) in [5.41, 5.74) is 14.3. The first-order valence-corrected chi connectivity index (χ1v) is 20.3. The van der Waals surface area contributed by atoms with Gasteiger partial charge < -0.3 is 9.32 Å². The normalized spacial score (nSPS) is 12.9. The Morgan fingerprint density at radius 3 is 1.63 bits per heavy atom. The molecule has 1 aliphatic carbocycles. The highest BCUT2D eigenvalue weighted by Gasteiger charge is 2.46. The van der Waals surface area contributed by atoms with Crippen molar-refractivity contribution in [3.8, 4) is 22.3 Å². The third-order valence-electron chi connectivity index (χ3n) is 12.5. The summed E-state index contributed by atoms with van der Waals surface area (Å²) in [5.74, 6) is 0. The molecule has 0 bridgehead atoms. The molecule has 0 spiro atoms. The molecule has 59 heavy (non-hydrogen) atoms. The number of nitrogens with zero attached hydrogens (tertiary/aromatic N) is 1. The van der Waals surface area contributed by atoms with Gasteiger partial charge in [-0.3, -0.25) is 0 Å². The van der Waals surface area contributed by atoms with Crippen molar-refractivity contribution in [3.05, 3.63) is 247 Å². The molecule has 0 aliphatic heterocycles. The number of anilines is 3. The first-order chi connectivity index (χ1) is 29.2. The first-order valence-electron chi connectivity index (χ1n) is 20.3. The Labute approximate surface area is 342 Å². The fraction of sp³-hybridized carbons (Fsp3) is 0.0175. The van der Waals surface area contributed by atoms with Gasteiger partial charge >= 0.3 is 0 Å². The lowest BCUT2D eigenvalue weighted by molar-refractivity contribution is 0.669. The molecule has 10 aromatic carbocycles. The molecule has 0 saturated carbocycles. The summed E-state index contributed by atoms with van der Waals surface area (Å²) in [7, 11) is 0. The standard InChI is InChI=1S/C57H37NO/c1-2-13-38(14-3-1)40-26-29-46(30-27-40)58(48-31-32-51-52-34-42-17-6-7-18-43(42)35-55(52)59-56(51)37-48)47-20-12-19-44(36-47)57(45-28-25-39-15-4-5-16-41(39)33-45)53-23-10-8-21-49(53)50-22-9-11-24-54(50)57/h1-37H. The Kier molecular flexibility index (Phi) is 7.48. The van der Waals surface area contributed by atoms with Crippen molar-refractivity contribution in [2.24, 2.45) is 0 Å². The molecule has 2 heteroatoms. The number of benzene rings is 10. The van der Waals surface area contributed by atoms with Crippen LogP contribution < -0.4 is 4.90 Å². The highest BCUT2D eigenvalue weighted by Crippen LogP contribution is 2.57. The molecule has 0 N–H and O–H groups in total. The van der Waals surface area contributed by atoms with E-state index in [1.807, 2.05) is 0 Å². The van der Waals surface area contributed by atoms with Crippen molar-refractivity contribution < 1.29 is 4.42 Å². The maximum absolute atomic E-state index is 6.67. The maximum Gasteiger partial charge on any atom is 0.137 e. The largest absolute Gasteiger partial charge is 0.456 e. The fourth-order valence-electron chi connectivity index (χ4n) is 9.80. The molecule has 2 nitrogen and oxygen atoms in total. The zero-order valence-corrected chi connectivity index (χ0v) is 32.2. The van der Waals surface area contributed by atoms with Crippen molar-refractivity contribution in [3.63, 3.8) is 0 Å². The lowest BCUT2D eigenvalue weighted by Gasteiger charge is -2.35. The molecule has 1 aliphatic rings. The monoisotopic (exact) mass is 751 g/mol. The summed E-state index contributed by atoms with van der Waals surface area (Å²) < 4.78 is 6.67. The molecule has 0 radical (unpaired) electrons. The van der Waals surface area contributed by atoms with Gasteiger partial charge in [0.2, 0.25) is 0 Å². The van der Waals surface area contributed by atoms with Crippen molar-refractivity contribution in [2.45, 2.75) is 5.41 Å². The minimum absolute atomic E-state index is 0.555. The minimum Gasteiger partial charge on any atom is -0.456 e. The van der Waals surface area contributed by atoms with Crippen LogP contribution in [0.1, 0.15) is 22.3 Å². The fourth-order valence-corrected chi connectivity index (χ4v) is 9.80. The van der Waals surface area contributed by atoms with E-state index in [4.69, 9.17) is 4.42 Å². The Morgan fingerprint density at radius 1 is 0.322 bits per heavy atom. The van der Waals surface area contributed by atoms with Gasteiger partial charge in [0, 0.05) is 33.9 Å². The van der Waals surface area contributed by atoms with Gasteiger partial charge in [0.05, 0.1) is 5.41 Å². The number of rotatable bonds is 6. The van der Waals surface area contributed by atoms with Crippen LogP contribution in [0, 0.1) is 0 Å². The van der Waals surface area contributed by atoms with E-state index < -0.39 is 5.41 Å². The van der Waals surface area contributed by atoms with Gasteiger partial charge in [0.15, 0.2) is 0 Å². The van der Waals surface area contributed by atoms with E-state index in [-0.39, 0.29) is 0 Å².